The predicted molar refractivity (Wildman–Crippen MR) is 116 cm³/mol. The highest BCUT2D eigenvalue weighted by atomic mass is 16.2. The van der Waals surface area contributed by atoms with Gasteiger partial charge < -0.3 is 15.1 Å². The van der Waals surface area contributed by atoms with Gasteiger partial charge in [-0.2, -0.15) is 0 Å². The van der Waals surface area contributed by atoms with Crippen molar-refractivity contribution in [1.82, 2.24) is 14.9 Å². The van der Waals surface area contributed by atoms with E-state index in [9.17, 15) is 4.79 Å². The molecule has 2 amide bonds. The maximum Gasteiger partial charge on any atom is 0.322 e. The molecular formula is C23H31N5O. The molecule has 0 unspecified atom stereocenters. The second-order valence-electron chi connectivity index (χ2n) is 8.45. The quantitative estimate of drug-likeness (QED) is 0.835. The first-order valence-corrected chi connectivity index (χ1v) is 10.8. The van der Waals surface area contributed by atoms with Crippen molar-refractivity contribution >= 4 is 17.5 Å². The molecule has 2 aliphatic heterocycles. The summed E-state index contributed by atoms with van der Waals surface area (Å²) in [6, 6.07) is 8.07. The number of aryl methyl sites for hydroxylation is 1. The lowest BCUT2D eigenvalue weighted by Crippen LogP contribution is -2.41. The number of hydrogen-bond acceptors (Lipinski definition) is 4. The molecule has 1 saturated heterocycles. The molecule has 0 bridgehead atoms. The zero-order valence-corrected chi connectivity index (χ0v) is 17.7. The van der Waals surface area contributed by atoms with E-state index in [0.717, 1.165) is 48.1 Å². The Morgan fingerprint density at radius 1 is 1.03 bits per heavy atom. The van der Waals surface area contributed by atoms with Crippen LogP contribution in [0.1, 0.15) is 61.7 Å². The minimum atomic E-state index is -0.0573. The van der Waals surface area contributed by atoms with E-state index < -0.39 is 0 Å². The van der Waals surface area contributed by atoms with Gasteiger partial charge in [-0.25, -0.2) is 14.8 Å². The minimum absolute atomic E-state index is 0.0573. The highest BCUT2D eigenvalue weighted by Crippen LogP contribution is 2.29. The number of benzene rings is 1. The van der Waals surface area contributed by atoms with Gasteiger partial charge in [0.15, 0.2) is 0 Å². The summed E-state index contributed by atoms with van der Waals surface area (Å²) in [7, 11) is 0. The van der Waals surface area contributed by atoms with Gasteiger partial charge in [-0.15, -0.1) is 0 Å². The number of aromatic nitrogens is 2. The van der Waals surface area contributed by atoms with Gasteiger partial charge in [-0.3, -0.25) is 0 Å². The van der Waals surface area contributed by atoms with E-state index in [-0.39, 0.29) is 6.03 Å². The molecule has 0 radical (unpaired) electrons. The summed E-state index contributed by atoms with van der Waals surface area (Å²) < 4.78 is 0. The van der Waals surface area contributed by atoms with Crippen LogP contribution >= 0.6 is 0 Å². The molecule has 1 aromatic carbocycles. The summed E-state index contributed by atoms with van der Waals surface area (Å²) in [5.41, 5.74) is 4.33. The van der Waals surface area contributed by atoms with Crippen LogP contribution in [0.2, 0.25) is 0 Å². The first-order chi connectivity index (χ1) is 14.0. The highest BCUT2D eigenvalue weighted by molar-refractivity contribution is 5.89. The van der Waals surface area contributed by atoms with Gasteiger partial charge in [0.25, 0.3) is 0 Å². The first-order valence-electron chi connectivity index (χ1n) is 10.8. The van der Waals surface area contributed by atoms with E-state index in [4.69, 9.17) is 4.98 Å². The number of hydrogen-bond donors (Lipinski definition) is 1. The standard InChI is InChI=1S/C23H31N5O/c1-16(2)18-7-9-19(10-8-18)26-23(29)28-14-11-21-20(15-28)22(25-17(3)24-21)27-12-5-4-6-13-27/h7-10,16H,4-6,11-15H2,1-3H3,(H,26,29). The Morgan fingerprint density at radius 3 is 2.45 bits per heavy atom. The Morgan fingerprint density at radius 2 is 1.76 bits per heavy atom. The Balaban J connectivity index is 1.50. The highest BCUT2D eigenvalue weighted by Gasteiger charge is 2.27. The summed E-state index contributed by atoms with van der Waals surface area (Å²) in [5, 5.41) is 3.05. The molecule has 29 heavy (non-hydrogen) atoms. The molecule has 2 aromatic rings. The largest absolute Gasteiger partial charge is 0.356 e. The van der Waals surface area contributed by atoms with Crippen LogP contribution in [0.5, 0.6) is 0 Å². The van der Waals surface area contributed by atoms with E-state index in [1.54, 1.807) is 0 Å². The summed E-state index contributed by atoms with van der Waals surface area (Å²) >= 11 is 0. The van der Waals surface area contributed by atoms with Crippen LogP contribution in [0.3, 0.4) is 0 Å². The SMILES string of the molecule is Cc1nc2c(c(N3CCCCC3)n1)CN(C(=O)Nc1ccc(C(C)C)cc1)CC2. The number of amides is 2. The van der Waals surface area contributed by atoms with Crippen molar-refractivity contribution in [2.24, 2.45) is 0 Å². The van der Waals surface area contributed by atoms with Crippen molar-refractivity contribution in [3.8, 4) is 0 Å². The molecule has 2 aliphatic rings. The van der Waals surface area contributed by atoms with E-state index in [1.807, 2.05) is 24.0 Å². The first kappa shape index (κ1) is 19.7. The maximum atomic E-state index is 12.9. The topological polar surface area (TPSA) is 61.4 Å². The zero-order valence-electron chi connectivity index (χ0n) is 17.7. The molecule has 1 aromatic heterocycles. The summed E-state index contributed by atoms with van der Waals surface area (Å²) in [4.78, 5) is 26.6. The second kappa shape index (κ2) is 8.39. The smallest absolute Gasteiger partial charge is 0.322 e. The van der Waals surface area contributed by atoms with Crippen LogP contribution in [-0.2, 0) is 13.0 Å². The number of anilines is 2. The molecule has 0 aliphatic carbocycles. The van der Waals surface area contributed by atoms with Gasteiger partial charge in [0.05, 0.1) is 12.2 Å². The van der Waals surface area contributed by atoms with Crippen molar-refractivity contribution in [3.05, 3.63) is 46.9 Å². The monoisotopic (exact) mass is 393 g/mol. The third kappa shape index (κ3) is 4.36. The van der Waals surface area contributed by atoms with Crippen LogP contribution < -0.4 is 10.2 Å². The van der Waals surface area contributed by atoms with Crippen LogP contribution in [0, 0.1) is 6.92 Å². The van der Waals surface area contributed by atoms with Crippen molar-refractivity contribution < 1.29 is 4.79 Å². The molecular weight excluding hydrogens is 362 g/mol. The van der Waals surface area contributed by atoms with Crippen LogP contribution in [0.15, 0.2) is 24.3 Å². The van der Waals surface area contributed by atoms with Gasteiger partial charge in [0, 0.05) is 37.3 Å². The van der Waals surface area contributed by atoms with Gasteiger partial charge in [0.1, 0.15) is 11.6 Å². The number of rotatable bonds is 3. The number of carbonyl (C=O) groups excluding carboxylic acids is 1. The van der Waals surface area contributed by atoms with Gasteiger partial charge in [0.2, 0.25) is 0 Å². The number of nitrogens with zero attached hydrogens (tertiary/aromatic N) is 4. The number of urea groups is 1. The second-order valence-corrected chi connectivity index (χ2v) is 8.45. The number of piperidine rings is 1. The van der Waals surface area contributed by atoms with Crippen molar-refractivity contribution in [3.63, 3.8) is 0 Å². The molecule has 154 valence electrons. The van der Waals surface area contributed by atoms with E-state index in [2.05, 4.69) is 41.2 Å². The number of carbonyl (C=O) groups is 1. The molecule has 0 spiro atoms. The van der Waals surface area contributed by atoms with Crippen molar-refractivity contribution in [1.29, 1.82) is 0 Å². The molecule has 0 saturated carbocycles. The minimum Gasteiger partial charge on any atom is -0.356 e. The fourth-order valence-electron chi connectivity index (χ4n) is 4.21. The normalized spacial score (nSPS) is 16.7. The van der Waals surface area contributed by atoms with Crippen LogP contribution in [0.4, 0.5) is 16.3 Å². The average molecular weight is 394 g/mol. The lowest BCUT2D eigenvalue weighted by atomic mass is 10.0. The fraction of sp³-hybridized carbons (Fsp3) is 0.522. The molecule has 6 nitrogen and oxygen atoms in total. The Hall–Kier alpha value is -2.63. The van der Waals surface area contributed by atoms with Gasteiger partial charge in [-0.1, -0.05) is 26.0 Å². The van der Waals surface area contributed by atoms with Gasteiger partial charge in [-0.05, 0) is 49.8 Å². The van der Waals surface area contributed by atoms with Crippen molar-refractivity contribution in [2.75, 3.05) is 29.9 Å². The summed E-state index contributed by atoms with van der Waals surface area (Å²) in [5.74, 6) is 2.34. The van der Waals surface area contributed by atoms with E-state index in [0.29, 0.717) is 19.0 Å². The lowest BCUT2D eigenvalue weighted by Gasteiger charge is -2.34. The third-order valence-electron chi connectivity index (χ3n) is 5.92. The van der Waals surface area contributed by atoms with Crippen LogP contribution in [-0.4, -0.2) is 40.5 Å². The zero-order chi connectivity index (χ0) is 20.4. The fourth-order valence-corrected chi connectivity index (χ4v) is 4.21. The molecule has 6 heteroatoms. The summed E-state index contributed by atoms with van der Waals surface area (Å²) in [6.07, 6.45) is 4.47. The molecule has 1 fully saturated rings. The lowest BCUT2D eigenvalue weighted by molar-refractivity contribution is 0.206. The molecule has 3 heterocycles. The Kier molecular flexibility index (Phi) is 5.69. The Labute approximate surface area is 173 Å². The van der Waals surface area contributed by atoms with Crippen LogP contribution in [0.25, 0.3) is 0 Å². The van der Waals surface area contributed by atoms with Crippen molar-refractivity contribution in [2.45, 2.75) is 58.9 Å². The molecule has 0 atom stereocenters. The van der Waals surface area contributed by atoms with Gasteiger partial charge >= 0.3 is 6.03 Å². The average Bonchev–Trinajstić information content (AvgIpc) is 2.73. The predicted octanol–water partition coefficient (Wildman–Crippen LogP) is 4.49. The van der Waals surface area contributed by atoms with E-state index >= 15 is 0 Å². The molecule has 4 rings (SSSR count). The maximum absolute atomic E-state index is 12.9. The third-order valence-corrected chi connectivity index (χ3v) is 5.92. The molecule has 1 N–H and O–H groups in total. The number of nitrogens with one attached hydrogen (secondary N) is 1. The van der Waals surface area contributed by atoms with E-state index in [1.165, 1.54) is 24.8 Å². The Bertz CT molecular complexity index is 872. The number of fused-ring (bicyclic) bond motifs is 1. The summed E-state index contributed by atoms with van der Waals surface area (Å²) in [6.45, 7) is 9.63.